The van der Waals surface area contributed by atoms with Crippen LogP contribution in [0.3, 0.4) is 0 Å². The normalized spacial score (nSPS) is 18.0. The highest BCUT2D eigenvalue weighted by Gasteiger charge is 2.45. The fourth-order valence-corrected chi connectivity index (χ4v) is 4.82. The number of imidazole rings is 1. The maximum Gasteiger partial charge on any atom is 0.120 e. The summed E-state index contributed by atoms with van der Waals surface area (Å²) in [6, 6.07) is 20.2. The fourth-order valence-electron chi connectivity index (χ4n) is 4.82. The number of halogens is 2. The maximum atomic E-state index is 4.86. The van der Waals surface area contributed by atoms with Crippen molar-refractivity contribution in [3.8, 4) is 0 Å². The lowest BCUT2D eigenvalue weighted by atomic mass is 9.67. The lowest BCUT2D eigenvalue weighted by Gasteiger charge is -2.44. The minimum absolute atomic E-state index is 0. The molecule has 1 saturated heterocycles. The molecular weight excluding hydrogens is 409 g/mol. The highest BCUT2D eigenvalue weighted by atomic mass is 35.5. The number of hydrogen-bond acceptors (Lipinski definition) is 2. The molecule has 1 aromatic heterocycles. The summed E-state index contributed by atoms with van der Waals surface area (Å²) in [5.74, 6) is 1.26. The van der Waals surface area contributed by atoms with E-state index < -0.39 is 0 Å². The van der Waals surface area contributed by atoms with E-state index in [-0.39, 0.29) is 41.2 Å². The first-order valence-electron chi connectivity index (χ1n) is 9.26. The van der Waals surface area contributed by atoms with Crippen molar-refractivity contribution in [2.24, 2.45) is 0 Å². The van der Waals surface area contributed by atoms with E-state index in [0.717, 1.165) is 32.4 Å². The predicted molar refractivity (Wildman–Crippen MR) is 122 cm³/mol. The molecule has 0 unspecified atom stereocenters. The van der Waals surface area contributed by atoms with Gasteiger partial charge >= 0.3 is 0 Å². The van der Waals surface area contributed by atoms with Crippen LogP contribution in [0.2, 0.25) is 0 Å². The van der Waals surface area contributed by atoms with E-state index >= 15 is 0 Å². The van der Waals surface area contributed by atoms with E-state index in [4.69, 9.17) is 4.98 Å². The molecule has 0 radical (unpaired) electrons. The molecule has 1 atom stereocenters. The third-order valence-corrected chi connectivity index (χ3v) is 6.00. The zero-order valence-corrected chi connectivity index (χ0v) is 17.8. The molecule has 3 heterocycles. The molecule has 0 amide bonds. The zero-order valence-electron chi connectivity index (χ0n) is 16.2. The molecule has 29 heavy (non-hydrogen) atoms. The van der Waals surface area contributed by atoms with Crippen molar-refractivity contribution in [1.29, 1.82) is 0 Å². The van der Waals surface area contributed by atoms with Crippen LogP contribution < -0.4 is 5.32 Å². The first-order valence-corrected chi connectivity index (χ1v) is 9.26. The SMILES string of the molecule is Cl.Cl.O.O.c1ccc(C[C@@H]2c3ccccc3C3(CCNCC3)c3nccn32)cc1. The average molecular weight is 438 g/mol. The quantitative estimate of drug-likeness (QED) is 0.666. The number of benzene rings is 2. The molecule has 7 heteroatoms. The third-order valence-electron chi connectivity index (χ3n) is 6.00. The van der Waals surface area contributed by atoms with Crippen molar-refractivity contribution in [3.63, 3.8) is 0 Å². The second-order valence-electron chi connectivity index (χ2n) is 7.28. The summed E-state index contributed by atoms with van der Waals surface area (Å²) in [6.07, 6.45) is 7.43. The standard InChI is InChI=1S/C22H23N3.2ClH.2H2O/c1-2-6-17(7-3-1)16-20-18-8-4-5-9-19(18)22(10-12-23-13-11-22)21-24-14-15-25(20)21;;;;/h1-9,14-15,20,23H,10-13,16H2;2*1H;2*1H2/t20-;;;;/m1..../s1. The van der Waals surface area contributed by atoms with Crippen LogP contribution in [-0.2, 0) is 11.8 Å². The van der Waals surface area contributed by atoms with E-state index in [1.54, 1.807) is 0 Å². The molecule has 5 rings (SSSR count). The van der Waals surface area contributed by atoms with Gasteiger partial charge in [0, 0.05) is 12.4 Å². The number of rotatable bonds is 2. The first-order chi connectivity index (χ1) is 12.4. The summed E-state index contributed by atoms with van der Waals surface area (Å²) in [5, 5.41) is 3.52. The Hall–Kier alpha value is -1.89. The highest BCUT2D eigenvalue weighted by molar-refractivity contribution is 5.85. The monoisotopic (exact) mass is 437 g/mol. The number of fused-ring (bicyclic) bond motifs is 4. The van der Waals surface area contributed by atoms with E-state index in [9.17, 15) is 0 Å². The van der Waals surface area contributed by atoms with Gasteiger partial charge in [-0.2, -0.15) is 0 Å². The maximum absolute atomic E-state index is 4.86. The number of hydrogen-bond donors (Lipinski definition) is 1. The van der Waals surface area contributed by atoms with E-state index in [2.05, 4.69) is 70.7 Å². The van der Waals surface area contributed by atoms with E-state index in [1.165, 1.54) is 22.5 Å². The number of aromatic nitrogens is 2. The highest BCUT2D eigenvalue weighted by Crippen LogP contribution is 2.48. The van der Waals surface area contributed by atoms with Gasteiger partial charge in [-0.25, -0.2) is 4.98 Å². The topological polar surface area (TPSA) is 92.8 Å². The second kappa shape index (κ2) is 10.2. The lowest BCUT2D eigenvalue weighted by Crippen LogP contribution is -2.46. The summed E-state index contributed by atoms with van der Waals surface area (Å²) in [6.45, 7) is 2.12. The number of nitrogens with zero attached hydrogens (tertiary/aromatic N) is 2. The minimum Gasteiger partial charge on any atom is -0.412 e. The predicted octanol–water partition coefficient (Wildman–Crippen LogP) is 2.89. The van der Waals surface area contributed by atoms with Crippen LogP contribution in [0, 0.1) is 0 Å². The van der Waals surface area contributed by atoms with Crippen LogP contribution >= 0.6 is 24.8 Å². The molecule has 3 aromatic rings. The van der Waals surface area contributed by atoms with Crippen LogP contribution in [0.15, 0.2) is 67.0 Å². The molecule has 2 aliphatic rings. The summed E-state index contributed by atoms with van der Waals surface area (Å²) < 4.78 is 2.45. The fraction of sp³-hybridized carbons (Fsp3) is 0.318. The Morgan fingerprint density at radius 3 is 2.31 bits per heavy atom. The minimum atomic E-state index is 0. The first kappa shape index (κ1) is 25.1. The molecule has 1 spiro atoms. The Kier molecular flexibility index (Phi) is 8.87. The Morgan fingerprint density at radius 2 is 1.59 bits per heavy atom. The largest absolute Gasteiger partial charge is 0.412 e. The number of piperidine rings is 1. The van der Waals surface area contributed by atoms with Crippen LogP contribution in [0.4, 0.5) is 0 Å². The molecule has 0 bridgehead atoms. The van der Waals surface area contributed by atoms with Gasteiger partial charge in [0.1, 0.15) is 5.82 Å². The van der Waals surface area contributed by atoms with Gasteiger partial charge in [0.05, 0.1) is 11.5 Å². The summed E-state index contributed by atoms with van der Waals surface area (Å²) >= 11 is 0. The van der Waals surface area contributed by atoms with Crippen molar-refractivity contribution < 1.29 is 11.0 Å². The summed E-state index contributed by atoms with van der Waals surface area (Å²) in [5.41, 5.74) is 4.41. The Balaban J connectivity index is 0.00000105. The third kappa shape index (κ3) is 4.06. The molecule has 0 aliphatic carbocycles. The smallest absolute Gasteiger partial charge is 0.120 e. The van der Waals surface area contributed by atoms with Gasteiger partial charge in [0.15, 0.2) is 0 Å². The molecule has 5 N–H and O–H groups in total. The van der Waals surface area contributed by atoms with Crippen molar-refractivity contribution in [2.45, 2.75) is 30.7 Å². The van der Waals surface area contributed by atoms with Crippen molar-refractivity contribution in [3.05, 3.63) is 89.5 Å². The van der Waals surface area contributed by atoms with Crippen molar-refractivity contribution in [1.82, 2.24) is 14.9 Å². The number of nitrogens with one attached hydrogen (secondary N) is 1. The van der Waals surface area contributed by atoms with Gasteiger partial charge < -0.3 is 20.8 Å². The van der Waals surface area contributed by atoms with Gasteiger partial charge in [-0.3, -0.25) is 0 Å². The Labute approximate surface area is 184 Å². The second-order valence-corrected chi connectivity index (χ2v) is 7.28. The van der Waals surface area contributed by atoms with Gasteiger partial charge in [0.2, 0.25) is 0 Å². The summed E-state index contributed by atoms with van der Waals surface area (Å²) in [7, 11) is 0. The molecule has 158 valence electrons. The van der Waals surface area contributed by atoms with Crippen molar-refractivity contribution in [2.75, 3.05) is 13.1 Å². The lowest BCUT2D eigenvalue weighted by molar-refractivity contribution is 0.308. The average Bonchev–Trinajstić information content (AvgIpc) is 3.18. The molecule has 1 fully saturated rings. The van der Waals surface area contributed by atoms with E-state index in [1.807, 2.05) is 6.20 Å². The van der Waals surface area contributed by atoms with Gasteiger partial charge in [-0.15, -0.1) is 24.8 Å². The molecule has 2 aliphatic heterocycles. The van der Waals surface area contributed by atoms with E-state index in [0.29, 0.717) is 6.04 Å². The van der Waals surface area contributed by atoms with Crippen LogP contribution in [0.25, 0.3) is 0 Å². The summed E-state index contributed by atoms with van der Waals surface area (Å²) in [4.78, 5) is 4.86. The molecule has 0 saturated carbocycles. The van der Waals surface area contributed by atoms with Crippen molar-refractivity contribution >= 4 is 24.8 Å². The zero-order chi connectivity index (χ0) is 16.7. The molecule has 5 nitrogen and oxygen atoms in total. The van der Waals surface area contributed by atoms with Crippen LogP contribution in [0.5, 0.6) is 0 Å². The Morgan fingerprint density at radius 1 is 0.931 bits per heavy atom. The van der Waals surface area contributed by atoms with Gasteiger partial charge in [-0.05, 0) is 49.0 Å². The molecule has 2 aromatic carbocycles. The Bertz CT molecular complexity index is 896. The van der Waals surface area contributed by atoms with Crippen LogP contribution in [-0.4, -0.2) is 33.6 Å². The molecular formula is C22H29Cl2N3O2. The van der Waals surface area contributed by atoms with Gasteiger partial charge in [0.25, 0.3) is 0 Å². The van der Waals surface area contributed by atoms with Gasteiger partial charge in [-0.1, -0.05) is 54.6 Å². The van der Waals surface area contributed by atoms with Crippen LogP contribution in [0.1, 0.15) is 41.4 Å².